The third-order valence-corrected chi connectivity index (χ3v) is 4.90. The SMILES string of the molecule is COc1cccc(C(O)CNC2CCN3CCCC3C2)c1. The number of hydrogen-bond donors (Lipinski definition) is 2. The molecule has 0 aliphatic carbocycles. The second-order valence-electron chi connectivity index (χ2n) is 6.25. The van der Waals surface area contributed by atoms with Crippen LogP contribution in [0, 0.1) is 0 Å². The van der Waals surface area contributed by atoms with Crippen molar-refractivity contribution in [2.24, 2.45) is 0 Å². The summed E-state index contributed by atoms with van der Waals surface area (Å²) in [6, 6.07) is 9.00. The number of rotatable bonds is 5. The Kier molecular flexibility index (Phi) is 4.78. The number of benzene rings is 1. The van der Waals surface area contributed by atoms with E-state index in [9.17, 15) is 5.11 Å². The summed E-state index contributed by atoms with van der Waals surface area (Å²) in [4.78, 5) is 2.62. The van der Waals surface area contributed by atoms with Crippen LogP contribution >= 0.6 is 0 Å². The van der Waals surface area contributed by atoms with Crippen LogP contribution in [-0.2, 0) is 0 Å². The van der Waals surface area contributed by atoms with Gasteiger partial charge in [0.25, 0.3) is 0 Å². The maximum absolute atomic E-state index is 10.3. The van der Waals surface area contributed by atoms with Crippen molar-refractivity contribution in [1.29, 1.82) is 0 Å². The number of nitrogens with zero attached hydrogens (tertiary/aromatic N) is 1. The predicted molar refractivity (Wildman–Crippen MR) is 83.6 cm³/mol. The number of methoxy groups -OCH3 is 1. The van der Waals surface area contributed by atoms with Crippen LogP contribution in [0.25, 0.3) is 0 Å². The predicted octanol–water partition coefficient (Wildman–Crippen LogP) is 1.94. The lowest BCUT2D eigenvalue weighted by atomic mass is 9.97. The first-order valence-electron chi connectivity index (χ1n) is 8.05. The van der Waals surface area contributed by atoms with Gasteiger partial charge in [-0.25, -0.2) is 0 Å². The lowest BCUT2D eigenvalue weighted by Crippen LogP contribution is -2.46. The number of nitrogens with one attached hydrogen (secondary N) is 1. The topological polar surface area (TPSA) is 44.7 Å². The minimum Gasteiger partial charge on any atom is -0.497 e. The summed E-state index contributed by atoms with van der Waals surface area (Å²) in [6.07, 6.45) is 4.65. The van der Waals surface area contributed by atoms with Gasteiger partial charge in [0.05, 0.1) is 13.2 Å². The van der Waals surface area contributed by atoms with Gasteiger partial charge in [0.15, 0.2) is 0 Å². The molecule has 2 N–H and O–H groups in total. The molecule has 0 saturated carbocycles. The summed E-state index contributed by atoms with van der Waals surface area (Å²) in [5.74, 6) is 0.797. The van der Waals surface area contributed by atoms with Gasteiger partial charge in [-0.05, 0) is 56.5 Å². The molecule has 21 heavy (non-hydrogen) atoms. The largest absolute Gasteiger partial charge is 0.497 e. The highest BCUT2D eigenvalue weighted by atomic mass is 16.5. The average molecular weight is 290 g/mol. The minimum atomic E-state index is -0.471. The van der Waals surface area contributed by atoms with Gasteiger partial charge in [0.2, 0.25) is 0 Å². The third kappa shape index (κ3) is 3.57. The van der Waals surface area contributed by atoms with Gasteiger partial charge in [-0.3, -0.25) is 0 Å². The van der Waals surface area contributed by atoms with Crippen molar-refractivity contribution in [3.05, 3.63) is 29.8 Å². The molecule has 1 aromatic carbocycles. The average Bonchev–Trinajstić information content (AvgIpc) is 3.00. The number of hydrogen-bond acceptors (Lipinski definition) is 4. The second-order valence-corrected chi connectivity index (χ2v) is 6.25. The quantitative estimate of drug-likeness (QED) is 0.870. The van der Waals surface area contributed by atoms with Gasteiger partial charge in [-0.1, -0.05) is 12.1 Å². The fraction of sp³-hybridized carbons (Fsp3) is 0.647. The van der Waals surface area contributed by atoms with Gasteiger partial charge >= 0.3 is 0 Å². The van der Waals surface area contributed by atoms with Gasteiger partial charge in [0.1, 0.15) is 5.75 Å². The van der Waals surface area contributed by atoms with Crippen LogP contribution in [-0.4, -0.2) is 48.8 Å². The van der Waals surface area contributed by atoms with Crippen molar-refractivity contribution < 1.29 is 9.84 Å². The highest BCUT2D eigenvalue weighted by molar-refractivity contribution is 5.29. The Balaban J connectivity index is 1.50. The van der Waals surface area contributed by atoms with Crippen molar-refractivity contribution in [3.63, 3.8) is 0 Å². The van der Waals surface area contributed by atoms with Gasteiger partial charge in [-0.15, -0.1) is 0 Å². The van der Waals surface area contributed by atoms with E-state index in [1.165, 1.54) is 38.8 Å². The molecule has 2 aliphatic heterocycles. The van der Waals surface area contributed by atoms with E-state index in [4.69, 9.17) is 4.74 Å². The Morgan fingerprint density at radius 1 is 1.38 bits per heavy atom. The first-order valence-corrected chi connectivity index (χ1v) is 8.05. The first-order chi connectivity index (χ1) is 10.3. The first kappa shape index (κ1) is 14.8. The zero-order valence-corrected chi connectivity index (χ0v) is 12.8. The molecular formula is C17H26N2O2. The van der Waals surface area contributed by atoms with E-state index in [1.807, 2.05) is 24.3 Å². The third-order valence-electron chi connectivity index (χ3n) is 4.90. The number of ether oxygens (including phenoxy) is 1. The highest BCUT2D eigenvalue weighted by Gasteiger charge is 2.31. The Morgan fingerprint density at radius 3 is 3.14 bits per heavy atom. The van der Waals surface area contributed by atoms with Gasteiger partial charge in [0, 0.05) is 18.6 Å². The maximum atomic E-state index is 10.3. The molecule has 4 heteroatoms. The molecule has 0 radical (unpaired) electrons. The molecule has 0 amide bonds. The fourth-order valence-electron chi connectivity index (χ4n) is 3.65. The summed E-state index contributed by atoms with van der Waals surface area (Å²) in [5, 5.41) is 13.9. The van der Waals surface area contributed by atoms with Crippen LogP contribution in [0.15, 0.2) is 24.3 Å². The molecule has 4 nitrogen and oxygen atoms in total. The van der Waals surface area contributed by atoms with E-state index in [0.717, 1.165) is 17.4 Å². The number of piperidine rings is 1. The van der Waals surface area contributed by atoms with Crippen molar-refractivity contribution in [2.75, 3.05) is 26.7 Å². The summed E-state index contributed by atoms with van der Waals surface area (Å²) in [7, 11) is 1.65. The molecule has 3 unspecified atom stereocenters. The van der Waals surface area contributed by atoms with Crippen LogP contribution in [0.3, 0.4) is 0 Å². The second kappa shape index (κ2) is 6.77. The van der Waals surface area contributed by atoms with E-state index in [2.05, 4.69) is 10.2 Å². The van der Waals surface area contributed by atoms with Crippen LogP contribution < -0.4 is 10.1 Å². The molecule has 1 aromatic rings. The molecule has 3 rings (SSSR count). The standard InChI is InChI=1S/C17H26N2O2/c1-21-16-6-2-4-13(10-16)17(20)12-18-14-7-9-19-8-3-5-15(19)11-14/h2,4,6,10,14-15,17-18,20H,3,5,7-9,11-12H2,1H3. The Bertz CT molecular complexity index is 466. The van der Waals surface area contributed by atoms with Crippen LogP contribution in [0.4, 0.5) is 0 Å². The Labute approximate surface area is 127 Å². The van der Waals surface area contributed by atoms with Crippen LogP contribution in [0.1, 0.15) is 37.4 Å². The smallest absolute Gasteiger partial charge is 0.119 e. The number of fused-ring (bicyclic) bond motifs is 1. The van der Waals surface area contributed by atoms with E-state index >= 15 is 0 Å². The molecule has 0 bridgehead atoms. The molecule has 2 heterocycles. The Morgan fingerprint density at radius 2 is 2.29 bits per heavy atom. The monoisotopic (exact) mass is 290 g/mol. The fourth-order valence-corrected chi connectivity index (χ4v) is 3.65. The highest BCUT2D eigenvalue weighted by Crippen LogP contribution is 2.27. The molecule has 2 aliphatic rings. The zero-order valence-electron chi connectivity index (χ0n) is 12.8. The summed E-state index contributed by atoms with van der Waals surface area (Å²) < 4.78 is 5.21. The lowest BCUT2D eigenvalue weighted by Gasteiger charge is -2.35. The molecule has 2 fully saturated rings. The number of aliphatic hydroxyl groups excluding tert-OH is 1. The summed E-state index contributed by atoms with van der Waals surface area (Å²) in [6.45, 7) is 3.10. The molecule has 2 saturated heterocycles. The van der Waals surface area contributed by atoms with Crippen molar-refractivity contribution in [3.8, 4) is 5.75 Å². The zero-order chi connectivity index (χ0) is 14.7. The molecular weight excluding hydrogens is 264 g/mol. The summed E-state index contributed by atoms with van der Waals surface area (Å²) in [5.41, 5.74) is 0.917. The Hall–Kier alpha value is -1.10. The van der Waals surface area contributed by atoms with E-state index in [-0.39, 0.29) is 0 Å². The van der Waals surface area contributed by atoms with Gasteiger partial charge < -0.3 is 20.1 Å². The van der Waals surface area contributed by atoms with Gasteiger partial charge in [-0.2, -0.15) is 0 Å². The molecule has 0 spiro atoms. The summed E-state index contributed by atoms with van der Waals surface area (Å²) >= 11 is 0. The maximum Gasteiger partial charge on any atom is 0.119 e. The van der Waals surface area contributed by atoms with E-state index < -0.39 is 6.10 Å². The van der Waals surface area contributed by atoms with Crippen molar-refractivity contribution in [1.82, 2.24) is 10.2 Å². The van der Waals surface area contributed by atoms with E-state index in [0.29, 0.717) is 12.6 Å². The molecule has 0 aromatic heterocycles. The number of aliphatic hydroxyl groups is 1. The lowest BCUT2D eigenvalue weighted by molar-refractivity contribution is 0.138. The van der Waals surface area contributed by atoms with Crippen LogP contribution in [0.5, 0.6) is 5.75 Å². The molecule has 116 valence electrons. The van der Waals surface area contributed by atoms with E-state index in [1.54, 1.807) is 7.11 Å². The van der Waals surface area contributed by atoms with Crippen LogP contribution in [0.2, 0.25) is 0 Å². The normalized spacial score (nSPS) is 27.3. The molecule has 3 atom stereocenters. The van der Waals surface area contributed by atoms with Crippen molar-refractivity contribution in [2.45, 2.75) is 43.9 Å². The van der Waals surface area contributed by atoms with Crippen molar-refractivity contribution >= 4 is 0 Å². The minimum absolute atomic E-state index is 0.471.